The molecule has 0 amide bonds. The van der Waals surface area contributed by atoms with Crippen LogP contribution >= 0.6 is 0 Å². The van der Waals surface area contributed by atoms with Crippen molar-refractivity contribution >= 4 is 60.5 Å². The zero-order valence-corrected chi connectivity index (χ0v) is 29.8. The van der Waals surface area contributed by atoms with Crippen LogP contribution in [0.3, 0.4) is 0 Å². The van der Waals surface area contributed by atoms with Gasteiger partial charge in [0.2, 0.25) is 0 Å². The van der Waals surface area contributed by atoms with Gasteiger partial charge in [0.25, 0.3) is 0 Å². The maximum atomic E-state index is 6.74. The summed E-state index contributed by atoms with van der Waals surface area (Å²) in [6.45, 7) is 2.12. The second-order valence-corrected chi connectivity index (χ2v) is 14.5. The summed E-state index contributed by atoms with van der Waals surface area (Å²) in [6, 6.07) is 71.0. The van der Waals surface area contributed by atoms with E-state index in [0.717, 1.165) is 44.6 Å². The number of aryl methyl sites for hydroxylation is 1. The lowest BCUT2D eigenvalue weighted by molar-refractivity contribution is 0.666. The maximum absolute atomic E-state index is 6.74. The van der Waals surface area contributed by atoms with E-state index >= 15 is 0 Å². The average molecular weight is 690 g/mol. The molecule has 0 unspecified atom stereocenters. The van der Waals surface area contributed by atoms with E-state index in [-0.39, 0.29) is 0 Å². The molecule has 0 fully saturated rings. The van der Waals surface area contributed by atoms with Crippen LogP contribution in [0.1, 0.15) is 27.8 Å². The molecule has 10 aromatic rings. The second-order valence-electron chi connectivity index (χ2n) is 14.5. The first-order valence-corrected chi connectivity index (χ1v) is 18.7. The van der Waals surface area contributed by atoms with Gasteiger partial charge in [0.05, 0.1) is 11.1 Å². The first-order chi connectivity index (χ1) is 26.7. The van der Waals surface area contributed by atoms with E-state index in [9.17, 15) is 0 Å². The van der Waals surface area contributed by atoms with Gasteiger partial charge in [0, 0.05) is 22.1 Å². The van der Waals surface area contributed by atoms with E-state index in [2.05, 4.69) is 206 Å². The van der Waals surface area contributed by atoms with Crippen molar-refractivity contribution in [3.05, 3.63) is 222 Å². The molecule has 1 aliphatic carbocycles. The molecular formula is C52H35NO. The Morgan fingerprint density at radius 1 is 0.407 bits per heavy atom. The number of fused-ring (bicyclic) bond motifs is 10. The van der Waals surface area contributed by atoms with Crippen molar-refractivity contribution in [3.63, 3.8) is 0 Å². The van der Waals surface area contributed by atoms with Gasteiger partial charge in [-0.2, -0.15) is 0 Å². The Bertz CT molecular complexity index is 3010. The molecule has 54 heavy (non-hydrogen) atoms. The molecule has 0 saturated heterocycles. The number of furan rings is 1. The Kier molecular flexibility index (Phi) is 6.72. The predicted molar refractivity (Wildman–Crippen MR) is 225 cm³/mol. The van der Waals surface area contributed by atoms with Crippen LogP contribution in [-0.4, -0.2) is 0 Å². The van der Waals surface area contributed by atoms with Crippen LogP contribution in [0.2, 0.25) is 0 Å². The highest BCUT2D eigenvalue weighted by Crippen LogP contribution is 2.60. The number of para-hydroxylation sites is 3. The average Bonchev–Trinajstić information content (AvgIpc) is 3.78. The van der Waals surface area contributed by atoms with Gasteiger partial charge in [-0.25, -0.2) is 0 Å². The van der Waals surface area contributed by atoms with Crippen LogP contribution in [0.5, 0.6) is 0 Å². The lowest BCUT2D eigenvalue weighted by atomic mass is 9.66. The maximum Gasteiger partial charge on any atom is 0.159 e. The normalized spacial score (nSPS) is 13.1. The molecule has 9 aromatic carbocycles. The van der Waals surface area contributed by atoms with Crippen LogP contribution in [0.15, 0.2) is 199 Å². The Hall–Kier alpha value is -6.90. The largest absolute Gasteiger partial charge is 0.454 e. The smallest absolute Gasteiger partial charge is 0.159 e. The Morgan fingerprint density at radius 3 is 1.67 bits per heavy atom. The molecule has 0 aliphatic heterocycles. The van der Waals surface area contributed by atoms with E-state index in [4.69, 9.17) is 4.42 Å². The van der Waals surface area contributed by atoms with Gasteiger partial charge in [-0.3, -0.25) is 0 Å². The number of hydrogen-bond acceptors (Lipinski definition) is 2. The van der Waals surface area contributed by atoms with Crippen LogP contribution < -0.4 is 4.90 Å². The van der Waals surface area contributed by atoms with Gasteiger partial charge in [0.15, 0.2) is 5.58 Å². The summed E-state index contributed by atoms with van der Waals surface area (Å²) >= 11 is 0. The third-order valence-electron chi connectivity index (χ3n) is 11.6. The molecule has 1 aromatic heterocycles. The SMILES string of the molecule is Cc1cccc2c1oc1c(N(c3ccccc3)c3ccc4c5c(ccc4c3)-c3ccc4ccccc4c3C5(c3ccccc3)c3ccccc3)cccc12. The van der Waals surface area contributed by atoms with Crippen molar-refractivity contribution in [2.75, 3.05) is 4.90 Å². The van der Waals surface area contributed by atoms with Gasteiger partial charge >= 0.3 is 0 Å². The van der Waals surface area contributed by atoms with Gasteiger partial charge in [-0.15, -0.1) is 0 Å². The summed E-state index contributed by atoms with van der Waals surface area (Å²) in [5.74, 6) is 0. The summed E-state index contributed by atoms with van der Waals surface area (Å²) in [6.07, 6.45) is 0. The van der Waals surface area contributed by atoms with E-state index in [1.54, 1.807) is 0 Å². The minimum absolute atomic E-state index is 0.536. The summed E-state index contributed by atoms with van der Waals surface area (Å²) in [5.41, 5.74) is 13.4. The van der Waals surface area contributed by atoms with Crippen molar-refractivity contribution in [1.82, 2.24) is 0 Å². The van der Waals surface area contributed by atoms with Gasteiger partial charge in [0.1, 0.15) is 5.58 Å². The van der Waals surface area contributed by atoms with E-state index in [0.29, 0.717) is 0 Å². The molecule has 0 atom stereocenters. The van der Waals surface area contributed by atoms with E-state index in [1.165, 1.54) is 54.9 Å². The molecule has 2 heteroatoms. The van der Waals surface area contributed by atoms with Crippen molar-refractivity contribution in [2.24, 2.45) is 0 Å². The third-order valence-corrected chi connectivity index (χ3v) is 11.6. The number of anilines is 3. The molecule has 1 heterocycles. The zero-order valence-electron chi connectivity index (χ0n) is 29.8. The van der Waals surface area contributed by atoms with Crippen molar-refractivity contribution in [3.8, 4) is 11.1 Å². The minimum Gasteiger partial charge on any atom is -0.454 e. The van der Waals surface area contributed by atoms with Crippen molar-refractivity contribution in [1.29, 1.82) is 0 Å². The van der Waals surface area contributed by atoms with E-state index in [1.807, 2.05) is 0 Å². The molecule has 0 radical (unpaired) electrons. The fourth-order valence-corrected chi connectivity index (χ4v) is 9.36. The van der Waals surface area contributed by atoms with Gasteiger partial charge < -0.3 is 9.32 Å². The first kappa shape index (κ1) is 30.7. The highest BCUT2D eigenvalue weighted by molar-refractivity contribution is 6.12. The molecule has 0 spiro atoms. The summed E-state index contributed by atoms with van der Waals surface area (Å²) in [7, 11) is 0. The quantitative estimate of drug-likeness (QED) is 0.179. The van der Waals surface area contributed by atoms with Crippen LogP contribution in [0.4, 0.5) is 17.1 Å². The highest BCUT2D eigenvalue weighted by Gasteiger charge is 2.48. The molecular weight excluding hydrogens is 655 g/mol. The lowest BCUT2D eigenvalue weighted by Crippen LogP contribution is -2.29. The molecule has 254 valence electrons. The van der Waals surface area contributed by atoms with Crippen LogP contribution in [-0.2, 0) is 5.41 Å². The second kappa shape index (κ2) is 11.8. The Morgan fingerprint density at radius 2 is 0.963 bits per heavy atom. The first-order valence-electron chi connectivity index (χ1n) is 18.7. The lowest BCUT2D eigenvalue weighted by Gasteiger charge is -2.35. The van der Waals surface area contributed by atoms with Crippen LogP contribution in [0, 0.1) is 6.92 Å². The van der Waals surface area contributed by atoms with Gasteiger partial charge in [-0.05, 0) is 97.7 Å². The Labute approximate surface area is 314 Å². The third kappa shape index (κ3) is 4.28. The summed E-state index contributed by atoms with van der Waals surface area (Å²) in [5, 5.41) is 7.22. The summed E-state index contributed by atoms with van der Waals surface area (Å²) in [4.78, 5) is 2.34. The van der Waals surface area contributed by atoms with E-state index < -0.39 is 5.41 Å². The van der Waals surface area contributed by atoms with Crippen molar-refractivity contribution < 1.29 is 4.42 Å². The Balaban J connectivity index is 1.21. The summed E-state index contributed by atoms with van der Waals surface area (Å²) < 4.78 is 6.74. The number of nitrogens with zero attached hydrogens (tertiary/aromatic N) is 1. The monoisotopic (exact) mass is 689 g/mol. The standard InChI is InChI=1S/C52H35NO/c1-34-15-13-24-45-46-25-14-26-47(51(46)54-50(34)45)53(39-21-9-4-10-22-39)40-29-32-42-36(33-40)28-31-44-43-30-27-35-16-11-12-23-41(35)48(43)52(49(42)44,37-17-5-2-6-18-37)38-19-7-3-8-20-38/h2-33H,1H3. The molecule has 11 rings (SSSR count). The van der Waals surface area contributed by atoms with Crippen molar-refractivity contribution in [2.45, 2.75) is 12.3 Å². The molecule has 0 N–H and O–H groups in total. The number of rotatable bonds is 5. The molecule has 0 bridgehead atoms. The number of hydrogen-bond donors (Lipinski definition) is 0. The topological polar surface area (TPSA) is 16.4 Å². The fraction of sp³-hybridized carbons (Fsp3) is 0.0385. The minimum atomic E-state index is -0.536. The number of benzene rings is 9. The molecule has 2 nitrogen and oxygen atoms in total. The fourth-order valence-electron chi connectivity index (χ4n) is 9.36. The molecule has 1 aliphatic rings. The highest BCUT2D eigenvalue weighted by atomic mass is 16.3. The molecule has 0 saturated carbocycles. The van der Waals surface area contributed by atoms with Crippen LogP contribution in [0.25, 0.3) is 54.6 Å². The predicted octanol–water partition coefficient (Wildman–Crippen LogP) is 14.0. The zero-order chi connectivity index (χ0) is 35.8. The van der Waals surface area contributed by atoms with Gasteiger partial charge in [-0.1, -0.05) is 164 Å².